The topological polar surface area (TPSA) is 75.7 Å². The first kappa shape index (κ1) is 19.6. The predicted molar refractivity (Wildman–Crippen MR) is 113 cm³/mol. The van der Waals surface area contributed by atoms with Crippen molar-refractivity contribution in [3.63, 3.8) is 0 Å². The lowest BCUT2D eigenvalue weighted by molar-refractivity contribution is 0.0730. The molecule has 1 amide bonds. The number of benzene rings is 3. The van der Waals surface area contributed by atoms with Crippen LogP contribution < -0.4 is 5.32 Å². The van der Waals surface area contributed by atoms with E-state index in [2.05, 4.69) is 5.32 Å². The zero-order valence-electron chi connectivity index (χ0n) is 16.1. The number of sulfonamides is 1. The van der Waals surface area contributed by atoms with Crippen LogP contribution in [0.15, 0.2) is 65.6 Å². The number of ether oxygens (including phenoxy) is 1. The minimum absolute atomic E-state index is 0.204. The van der Waals surface area contributed by atoms with Crippen LogP contribution in [-0.2, 0) is 14.8 Å². The molecule has 7 heteroatoms. The largest absolute Gasteiger partial charge is 0.379 e. The molecule has 0 bridgehead atoms. The Labute approximate surface area is 170 Å². The molecule has 0 aromatic heterocycles. The Kier molecular flexibility index (Phi) is 5.36. The number of amides is 1. The monoisotopic (exact) mass is 410 g/mol. The first-order valence-corrected chi connectivity index (χ1v) is 10.9. The lowest BCUT2D eigenvalue weighted by Gasteiger charge is -2.26. The van der Waals surface area contributed by atoms with E-state index in [4.69, 9.17) is 4.74 Å². The van der Waals surface area contributed by atoms with E-state index in [1.54, 1.807) is 25.1 Å². The summed E-state index contributed by atoms with van der Waals surface area (Å²) in [6.07, 6.45) is 0. The predicted octanol–water partition coefficient (Wildman–Crippen LogP) is 3.42. The molecular weight excluding hydrogens is 388 g/mol. The third kappa shape index (κ3) is 3.89. The van der Waals surface area contributed by atoms with Gasteiger partial charge in [0.05, 0.1) is 18.1 Å². The van der Waals surface area contributed by atoms with Crippen molar-refractivity contribution in [1.82, 2.24) is 4.31 Å². The fraction of sp³-hybridized carbons (Fsp3) is 0.227. The van der Waals surface area contributed by atoms with Gasteiger partial charge in [-0.25, -0.2) is 8.42 Å². The van der Waals surface area contributed by atoms with Crippen LogP contribution in [-0.4, -0.2) is 44.9 Å². The average Bonchev–Trinajstić information content (AvgIpc) is 2.75. The van der Waals surface area contributed by atoms with Crippen molar-refractivity contribution in [1.29, 1.82) is 0 Å². The van der Waals surface area contributed by atoms with Crippen LogP contribution in [0, 0.1) is 6.92 Å². The highest BCUT2D eigenvalue weighted by atomic mass is 32.2. The Balaban J connectivity index is 1.64. The zero-order chi connectivity index (χ0) is 20.4. The molecule has 0 radical (unpaired) electrons. The van der Waals surface area contributed by atoms with Gasteiger partial charge < -0.3 is 10.1 Å². The van der Waals surface area contributed by atoms with E-state index in [-0.39, 0.29) is 10.8 Å². The van der Waals surface area contributed by atoms with Crippen molar-refractivity contribution in [2.45, 2.75) is 11.8 Å². The molecule has 1 heterocycles. The van der Waals surface area contributed by atoms with Gasteiger partial charge in [-0.15, -0.1) is 0 Å². The normalized spacial score (nSPS) is 15.3. The molecule has 4 rings (SSSR count). The fourth-order valence-corrected chi connectivity index (χ4v) is 5.16. The van der Waals surface area contributed by atoms with Gasteiger partial charge in [-0.3, -0.25) is 4.79 Å². The van der Waals surface area contributed by atoms with Crippen LogP contribution in [0.3, 0.4) is 0 Å². The molecule has 1 aliphatic rings. The first-order chi connectivity index (χ1) is 14.0. The number of fused-ring (bicyclic) bond motifs is 1. The van der Waals surface area contributed by atoms with Gasteiger partial charge in [-0.05, 0) is 41.5 Å². The molecule has 1 fully saturated rings. The van der Waals surface area contributed by atoms with E-state index >= 15 is 0 Å². The van der Waals surface area contributed by atoms with Crippen molar-refractivity contribution >= 4 is 32.4 Å². The highest BCUT2D eigenvalue weighted by Crippen LogP contribution is 2.25. The van der Waals surface area contributed by atoms with Gasteiger partial charge in [-0.2, -0.15) is 4.31 Å². The third-order valence-electron chi connectivity index (χ3n) is 5.07. The lowest BCUT2D eigenvalue weighted by atomic mass is 10.0. The summed E-state index contributed by atoms with van der Waals surface area (Å²) in [5.41, 5.74) is 1.63. The minimum atomic E-state index is -3.65. The molecule has 0 atom stereocenters. The second kappa shape index (κ2) is 7.94. The van der Waals surface area contributed by atoms with Gasteiger partial charge in [0.1, 0.15) is 0 Å². The molecule has 6 nitrogen and oxygen atoms in total. The van der Waals surface area contributed by atoms with Gasteiger partial charge in [-0.1, -0.05) is 42.5 Å². The Morgan fingerprint density at radius 3 is 2.52 bits per heavy atom. The Hall–Kier alpha value is -2.74. The van der Waals surface area contributed by atoms with E-state index in [9.17, 15) is 13.2 Å². The van der Waals surface area contributed by atoms with Crippen LogP contribution in [0.4, 0.5) is 5.69 Å². The maximum atomic E-state index is 13.0. The zero-order valence-corrected chi connectivity index (χ0v) is 16.9. The second-order valence-electron chi connectivity index (χ2n) is 6.98. The van der Waals surface area contributed by atoms with Crippen LogP contribution >= 0.6 is 0 Å². The summed E-state index contributed by atoms with van der Waals surface area (Å²) in [5.74, 6) is -0.277. The summed E-state index contributed by atoms with van der Waals surface area (Å²) in [5, 5.41) is 4.67. The molecule has 0 aliphatic carbocycles. The van der Waals surface area contributed by atoms with E-state index in [0.29, 0.717) is 43.1 Å². The number of hydrogen-bond acceptors (Lipinski definition) is 4. The number of anilines is 1. The van der Waals surface area contributed by atoms with Gasteiger partial charge in [0.25, 0.3) is 5.91 Å². The molecule has 0 saturated carbocycles. The quantitative estimate of drug-likeness (QED) is 0.715. The van der Waals surface area contributed by atoms with Gasteiger partial charge in [0.15, 0.2) is 0 Å². The summed E-state index contributed by atoms with van der Waals surface area (Å²) in [7, 11) is -3.65. The van der Waals surface area contributed by atoms with E-state index in [1.807, 2.05) is 36.4 Å². The summed E-state index contributed by atoms with van der Waals surface area (Å²) >= 11 is 0. The lowest BCUT2D eigenvalue weighted by Crippen LogP contribution is -2.40. The smallest absolute Gasteiger partial charge is 0.256 e. The van der Waals surface area contributed by atoms with Gasteiger partial charge >= 0.3 is 0 Å². The van der Waals surface area contributed by atoms with Crippen molar-refractivity contribution in [3.05, 3.63) is 71.8 Å². The molecule has 0 unspecified atom stereocenters. The number of nitrogens with zero attached hydrogens (tertiary/aromatic N) is 1. The standard InChI is InChI=1S/C22H22N2O4S/c1-16-9-10-18(15-21(16)29(26,27)24-11-13-28-14-12-24)23-22(25)20-8-4-6-17-5-2-3-7-19(17)20/h2-10,15H,11-14H2,1H3,(H,23,25). The molecule has 3 aromatic rings. The van der Waals surface area contributed by atoms with Crippen LogP contribution in [0.5, 0.6) is 0 Å². The van der Waals surface area contributed by atoms with Gasteiger partial charge in [0.2, 0.25) is 10.0 Å². The molecule has 1 N–H and O–H groups in total. The highest BCUT2D eigenvalue weighted by Gasteiger charge is 2.28. The minimum Gasteiger partial charge on any atom is -0.379 e. The summed E-state index contributed by atoms with van der Waals surface area (Å²) < 4.78 is 32.8. The van der Waals surface area contributed by atoms with Crippen LogP contribution in [0.1, 0.15) is 15.9 Å². The van der Waals surface area contributed by atoms with E-state index < -0.39 is 10.0 Å². The number of nitrogens with one attached hydrogen (secondary N) is 1. The van der Waals surface area contributed by atoms with Crippen molar-refractivity contribution in [2.24, 2.45) is 0 Å². The Morgan fingerprint density at radius 1 is 1.00 bits per heavy atom. The number of hydrogen-bond donors (Lipinski definition) is 1. The number of carbonyl (C=O) groups excluding carboxylic acids is 1. The maximum absolute atomic E-state index is 13.0. The molecule has 1 saturated heterocycles. The summed E-state index contributed by atoms with van der Waals surface area (Å²) in [6, 6.07) is 18.2. The fourth-order valence-electron chi connectivity index (χ4n) is 3.50. The highest BCUT2D eigenvalue weighted by molar-refractivity contribution is 7.89. The first-order valence-electron chi connectivity index (χ1n) is 9.44. The Bertz CT molecular complexity index is 1160. The van der Waals surface area contributed by atoms with Crippen LogP contribution in [0.25, 0.3) is 10.8 Å². The molecule has 0 spiro atoms. The third-order valence-corrected chi connectivity index (χ3v) is 7.11. The molecule has 150 valence electrons. The number of carbonyl (C=O) groups is 1. The Morgan fingerprint density at radius 2 is 1.72 bits per heavy atom. The molecular formula is C22H22N2O4S. The average molecular weight is 410 g/mol. The maximum Gasteiger partial charge on any atom is 0.256 e. The van der Waals surface area contributed by atoms with Gasteiger partial charge in [0, 0.05) is 24.3 Å². The SMILES string of the molecule is Cc1ccc(NC(=O)c2cccc3ccccc23)cc1S(=O)(=O)N1CCOCC1. The van der Waals surface area contributed by atoms with E-state index in [0.717, 1.165) is 10.8 Å². The number of morpholine rings is 1. The number of rotatable bonds is 4. The van der Waals surface area contributed by atoms with Crippen molar-refractivity contribution in [3.8, 4) is 0 Å². The second-order valence-corrected chi connectivity index (χ2v) is 8.88. The molecule has 1 aliphatic heterocycles. The number of aryl methyl sites for hydroxylation is 1. The summed E-state index contributed by atoms with van der Waals surface area (Å²) in [4.78, 5) is 13.1. The van der Waals surface area contributed by atoms with Crippen molar-refractivity contribution in [2.75, 3.05) is 31.6 Å². The van der Waals surface area contributed by atoms with E-state index in [1.165, 1.54) is 10.4 Å². The molecule has 3 aromatic carbocycles. The van der Waals surface area contributed by atoms with Crippen molar-refractivity contribution < 1.29 is 17.9 Å². The summed E-state index contributed by atoms with van der Waals surface area (Å²) in [6.45, 7) is 3.18. The molecule has 29 heavy (non-hydrogen) atoms. The van der Waals surface area contributed by atoms with Crippen LogP contribution in [0.2, 0.25) is 0 Å².